The summed E-state index contributed by atoms with van der Waals surface area (Å²) in [4.78, 5) is 0.196. The van der Waals surface area contributed by atoms with Crippen LogP contribution in [0.1, 0.15) is 12.0 Å². The molecule has 1 aromatic carbocycles. The van der Waals surface area contributed by atoms with Crippen LogP contribution in [0.15, 0.2) is 23.1 Å². The van der Waals surface area contributed by atoms with Crippen molar-refractivity contribution in [3.63, 3.8) is 0 Å². The third kappa shape index (κ3) is 3.93. The zero-order valence-electron chi connectivity index (χ0n) is 11.4. The standard InChI is InChI=1S/C13H19ClN2O3S/c1-15-8-11-2-3-12(6-13(11)14)20(17,18)16-7-10-4-5-19-9-10/h2-3,6,10,15-16H,4-5,7-9H2,1H3. The summed E-state index contributed by atoms with van der Waals surface area (Å²) in [5, 5.41) is 3.43. The van der Waals surface area contributed by atoms with E-state index in [2.05, 4.69) is 10.0 Å². The summed E-state index contributed by atoms with van der Waals surface area (Å²) in [7, 11) is -1.70. The summed E-state index contributed by atoms with van der Waals surface area (Å²) in [6, 6.07) is 4.79. The predicted molar refractivity (Wildman–Crippen MR) is 78.3 cm³/mol. The quantitative estimate of drug-likeness (QED) is 0.831. The smallest absolute Gasteiger partial charge is 0.240 e. The molecule has 20 heavy (non-hydrogen) atoms. The van der Waals surface area contributed by atoms with Gasteiger partial charge in [0, 0.05) is 24.7 Å². The van der Waals surface area contributed by atoms with Crippen molar-refractivity contribution < 1.29 is 13.2 Å². The summed E-state index contributed by atoms with van der Waals surface area (Å²) in [5.41, 5.74) is 0.873. The number of sulfonamides is 1. The van der Waals surface area contributed by atoms with E-state index in [4.69, 9.17) is 16.3 Å². The zero-order valence-corrected chi connectivity index (χ0v) is 12.9. The van der Waals surface area contributed by atoms with E-state index < -0.39 is 10.0 Å². The molecule has 1 aliphatic rings. The van der Waals surface area contributed by atoms with E-state index in [0.29, 0.717) is 31.3 Å². The summed E-state index contributed by atoms with van der Waals surface area (Å²) >= 11 is 6.09. The fourth-order valence-electron chi connectivity index (χ4n) is 2.08. The van der Waals surface area contributed by atoms with E-state index >= 15 is 0 Å². The van der Waals surface area contributed by atoms with E-state index in [-0.39, 0.29) is 10.8 Å². The number of nitrogens with one attached hydrogen (secondary N) is 2. The van der Waals surface area contributed by atoms with Gasteiger partial charge in [0.1, 0.15) is 0 Å². The lowest BCUT2D eigenvalue weighted by molar-refractivity contribution is 0.186. The van der Waals surface area contributed by atoms with E-state index in [1.807, 2.05) is 7.05 Å². The number of ether oxygens (including phenoxy) is 1. The minimum atomic E-state index is -3.51. The lowest BCUT2D eigenvalue weighted by atomic mass is 10.1. The highest BCUT2D eigenvalue weighted by atomic mass is 35.5. The van der Waals surface area contributed by atoms with Crippen molar-refractivity contribution in [3.05, 3.63) is 28.8 Å². The summed E-state index contributed by atoms with van der Waals surface area (Å²) in [6.45, 7) is 2.32. The molecule has 5 nitrogen and oxygen atoms in total. The molecule has 1 aromatic rings. The summed E-state index contributed by atoms with van der Waals surface area (Å²) < 4.78 is 32.2. The van der Waals surface area contributed by atoms with Crippen LogP contribution in [0.3, 0.4) is 0 Å². The Morgan fingerprint density at radius 2 is 2.25 bits per heavy atom. The Balaban J connectivity index is 2.06. The monoisotopic (exact) mass is 318 g/mol. The molecule has 112 valence electrons. The fourth-order valence-corrected chi connectivity index (χ4v) is 3.54. The summed E-state index contributed by atoms with van der Waals surface area (Å²) in [5.74, 6) is 0.254. The first-order valence-corrected chi connectivity index (χ1v) is 8.39. The van der Waals surface area contributed by atoms with Crippen LogP contribution in [0.5, 0.6) is 0 Å². The lowest BCUT2D eigenvalue weighted by Gasteiger charge is -2.11. The molecule has 0 spiro atoms. The number of hydrogen-bond acceptors (Lipinski definition) is 4. The maximum absolute atomic E-state index is 12.2. The van der Waals surface area contributed by atoms with Gasteiger partial charge < -0.3 is 10.1 Å². The highest BCUT2D eigenvalue weighted by molar-refractivity contribution is 7.89. The Labute approximate surface area is 124 Å². The third-order valence-corrected chi connectivity index (χ3v) is 5.06. The van der Waals surface area contributed by atoms with Crippen molar-refractivity contribution in [3.8, 4) is 0 Å². The molecule has 2 N–H and O–H groups in total. The molecule has 1 aliphatic heterocycles. The van der Waals surface area contributed by atoms with Crippen molar-refractivity contribution in [2.75, 3.05) is 26.8 Å². The highest BCUT2D eigenvalue weighted by Gasteiger charge is 2.20. The lowest BCUT2D eigenvalue weighted by Crippen LogP contribution is -2.29. The molecule has 2 rings (SSSR count). The van der Waals surface area contributed by atoms with Gasteiger partial charge in [0.25, 0.3) is 0 Å². The normalized spacial score (nSPS) is 19.4. The zero-order chi connectivity index (χ0) is 14.6. The average molecular weight is 319 g/mol. The molecule has 0 aliphatic carbocycles. The van der Waals surface area contributed by atoms with Gasteiger partial charge in [-0.25, -0.2) is 13.1 Å². The number of rotatable bonds is 6. The van der Waals surface area contributed by atoms with Crippen molar-refractivity contribution in [2.45, 2.75) is 17.9 Å². The molecule has 1 heterocycles. The van der Waals surface area contributed by atoms with Crippen LogP contribution in [-0.2, 0) is 21.3 Å². The number of benzene rings is 1. The van der Waals surface area contributed by atoms with E-state index in [0.717, 1.165) is 12.0 Å². The van der Waals surface area contributed by atoms with Crippen LogP contribution in [0, 0.1) is 5.92 Å². The fraction of sp³-hybridized carbons (Fsp3) is 0.538. The van der Waals surface area contributed by atoms with Crippen molar-refractivity contribution >= 4 is 21.6 Å². The number of hydrogen-bond donors (Lipinski definition) is 2. The minimum absolute atomic E-state index is 0.196. The Hall–Kier alpha value is -0.660. The molecule has 0 aromatic heterocycles. The Morgan fingerprint density at radius 1 is 1.45 bits per heavy atom. The molecule has 7 heteroatoms. The van der Waals surface area contributed by atoms with Crippen LogP contribution >= 0.6 is 11.6 Å². The highest BCUT2D eigenvalue weighted by Crippen LogP contribution is 2.21. The first kappa shape index (κ1) is 15.7. The maximum atomic E-state index is 12.2. The molecular formula is C13H19ClN2O3S. The van der Waals surface area contributed by atoms with Crippen molar-refractivity contribution in [1.82, 2.24) is 10.0 Å². The second kappa shape index (κ2) is 6.87. The Morgan fingerprint density at radius 3 is 2.85 bits per heavy atom. The first-order chi connectivity index (χ1) is 9.53. The van der Waals surface area contributed by atoms with Crippen LogP contribution in [-0.4, -0.2) is 35.2 Å². The van der Waals surface area contributed by atoms with Gasteiger partial charge in [-0.2, -0.15) is 0 Å². The molecule has 0 saturated carbocycles. The largest absolute Gasteiger partial charge is 0.381 e. The molecular weight excluding hydrogens is 300 g/mol. The summed E-state index contributed by atoms with van der Waals surface area (Å²) in [6.07, 6.45) is 0.893. The minimum Gasteiger partial charge on any atom is -0.381 e. The number of halogens is 1. The second-order valence-corrected chi connectivity index (χ2v) is 7.04. The predicted octanol–water partition coefficient (Wildman–Crippen LogP) is 1.37. The molecule has 1 saturated heterocycles. The van der Waals surface area contributed by atoms with Gasteiger partial charge in [0.15, 0.2) is 0 Å². The molecule has 0 bridgehead atoms. The molecule has 0 amide bonds. The van der Waals surface area contributed by atoms with Gasteiger partial charge in [-0.05, 0) is 37.1 Å². The van der Waals surface area contributed by atoms with Crippen molar-refractivity contribution in [1.29, 1.82) is 0 Å². The molecule has 1 unspecified atom stereocenters. The second-order valence-electron chi connectivity index (χ2n) is 4.87. The van der Waals surface area contributed by atoms with Gasteiger partial charge in [-0.15, -0.1) is 0 Å². The van der Waals surface area contributed by atoms with Gasteiger partial charge >= 0.3 is 0 Å². The van der Waals surface area contributed by atoms with Gasteiger partial charge in [0.05, 0.1) is 11.5 Å². The van der Waals surface area contributed by atoms with Gasteiger partial charge in [-0.3, -0.25) is 0 Å². The van der Waals surface area contributed by atoms with E-state index in [9.17, 15) is 8.42 Å². The molecule has 1 fully saturated rings. The first-order valence-electron chi connectivity index (χ1n) is 6.53. The Kier molecular flexibility index (Phi) is 5.40. The van der Waals surface area contributed by atoms with E-state index in [1.165, 1.54) is 6.07 Å². The van der Waals surface area contributed by atoms with Crippen molar-refractivity contribution in [2.24, 2.45) is 5.92 Å². The van der Waals surface area contributed by atoms with Crippen LogP contribution in [0.4, 0.5) is 0 Å². The average Bonchev–Trinajstić information content (AvgIpc) is 2.92. The van der Waals surface area contributed by atoms with Crippen LogP contribution in [0.25, 0.3) is 0 Å². The SMILES string of the molecule is CNCc1ccc(S(=O)(=O)NCC2CCOC2)cc1Cl. The Bertz CT molecular complexity index is 557. The van der Waals surface area contributed by atoms with E-state index in [1.54, 1.807) is 12.1 Å². The van der Waals surface area contributed by atoms with Crippen LogP contribution < -0.4 is 10.0 Å². The topological polar surface area (TPSA) is 67.4 Å². The van der Waals surface area contributed by atoms with Gasteiger partial charge in [0.2, 0.25) is 10.0 Å². The maximum Gasteiger partial charge on any atom is 0.240 e. The molecule has 1 atom stereocenters. The third-order valence-electron chi connectivity index (χ3n) is 3.29. The molecule has 0 radical (unpaired) electrons. The van der Waals surface area contributed by atoms with Crippen LogP contribution in [0.2, 0.25) is 5.02 Å². The van der Waals surface area contributed by atoms with Gasteiger partial charge in [-0.1, -0.05) is 17.7 Å².